The summed E-state index contributed by atoms with van der Waals surface area (Å²) in [5, 5.41) is 4.66. The van der Waals surface area contributed by atoms with Crippen molar-refractivity contribution in [2.24, 2.45) is 7.05 Å². The molecule has 1 saturated heterocycles. The average Bonchev–Trinajstić information content (AvgIpc) is 3.03. The van der Waals surface area contributed by atoms with Crippen molar-refractivity contribution in [2.75, 3.05) is 18.0 Å². The number of hydrogen-bond acceptors (Lipinski definition) is 6. The van der Waals surface area contributed by atoms with Crippen LogP contribution < -0.4 is 10.5 Å². The second kappa shape index (κ2) is 6.44. The molecular weight excluding hydrogens is 342 g/mol. The number of aryl methyl sites for hydroxylation is 1. The van der Waals surface area contributed by atoms with Crippen molar-refractivity contribution in [3.8, 4) is 0 Å². The van der Waals surface area contributed by atoms with E-state index in [1.54, 1.807) is 23.4 Å². The zero-order valence-electron chi connectivity index (χ0n) is 16.3. The minimum absolute atomic E-state index is 0.0318. The van der Waals surface area contributed by atoms with Crippen molar-refractivity contribution >= 4 is 17.0 Å². The molecule has 0 radical (unpaired) electrons. The normalized spacial score (nSPS) is 16.2. The molecule has 0 spiro atoms. The van der Waals surface area contributed by atoms with Gasteiger partial charge in [0.25, 0.3) is 5.56 Å². The highest BCUT2D eigenvalue weighted by atomic mass is 16.1. The maximum atomic E-state index is 12.4. The van der Waals surface area contributed by atoms with Crippen molar-refractivity contribution < 1.29 is 0 Å². The van der Waals surface area contributed by atoms with Gasteiger partial charge in [-0.15, -0.1) is 0 Å². The Labute approximate surface area is 157 Å². The molecule has 1 aliphatic rings. The Morgan fingerprint density at radius 2 is 1.81 bits per heavy atom. The maximum absolute atomic E-state index is 12.4. The van der Waals surface area contributed by atoms with Gasteiger partial charge in [0.15, 0.2) is 17.0 Å². The van der Waals surface area contributed by atoms with Gasteiger partial charge in [-0.25, -0.2) is 19.6 Å². The van der Waals surface area contributed by atoms with Crippen molar-refractivity contribution in [1.82, 2.24) is 29.3 Å². The van der Waals surface area contributed by atoms with E-state index in [1.807, 2.05) is 17.7 Å². The van der Waals surface area contributed by atoms with Crippen molar-refractivity contribution in [3.05, 3.63) is 40.8 Å². The van der Waals surface area contributed by atoms with E-state index in [0.717, 1.165) is 48.6 Å². The highest BCUT2D eigenvalue weighted by Gasteiger charge is 2.26. The summed E-state index contributed by atoms with van der Waals surface area (Å²) in [6, 6.07) is 3.59. The van der Waals surface area contributed by atoms with Crippen molar-refractivity contribution in [2.45, 2.75) is 45.1 Å². The molecule has 3 aromatic heterocycles. The number of hydrogen-bond donors (Lipinski definition) is 0. The van der Waals surface area contributed by atoms with Crippen LogP contribution in [0.4, 0.5) is 5.82 Å². The van der Waals surface area contributed by atoms with Crippen LogP contribution in [0.5, 0.6) is 0 Å². The lowest BCUT2D eigenvalue weighted by Gasteiger charge is -2.33. The first kappa shape index (κ1) is 17.6. The third-order valence-corrected chi connectivity index (χ3v) is 5.18. The predicted octanol–water partition coefficient (Wildman–Crippen LogP) is 2.06. The molecule has 4 heterocycles. The van der Waals surface area contributed by atoms with Gasteiger partial charge in [-0.05, 0) is 18.9 Å². The molecule has 1 aliphatic heterocycles. The molecule has 0 unspecified atom stereocenters. The Bertz CT molecular complexity index is 1020. The molecule has 8 nitrogen and oxygen atoms in total. The number of anilines is 1. The molecule has 1 fully saturated rings. The van der Waals surface area contributed by atoms with E-state index < -0.39 is 0 Å². The molecular formula is C19H25N7O. The number of nitrogens with zero attached hydrogens (tertiary/aromatic N) is 7. The molecule has 0 atom stereocenters. The lowest BCUT2D eigenvalue weighted by molar-refractivity contribution is 0.343. The van der Waals surface area contributed by atoms with Gasteiger partial charge in [0.05, 0.1) is 18.1 Å². The van der Waals surface area contributed by atoms with Crippen LogP contribution in [-0.4, -0.2) is 42.4 Å². The van der Waals surface area contributed by atoms with E-state index in [9.17, 15) is 4.79 Å². The molecule has 0 aliphatic carbocycles. The van der Waals surface area contributed by atoms with Crippen LogP contribution in [-0.2, 0) is 12.5 Å². The summed E-state index contributed by atoms with van der Waals surface area (Å²) in [4.78, 5) is 27.8. The van der Waals surface area contributed by atoms with Crippen LogP contribution in [0.15, 0.2) is 29.6 Å². The molecule has 8 heteroatoms. The predicted molar refractivity (Wildman–Crippen MR) is 104 cm³/mol. The van der Waals surface area contributed by atoms with Gasteiger partial charge in [-0.3, -0.25) is 4.79 Å². The standard InChI is InChI=1S/C19H25N7O/c1-19(2,3)14-5-6-15(27)26(23-14)13-7-9-25(10-8-13)18-16-17(20-11-21-18)24(4)12-22-16/h5-6,11-13H,7-10H2,1-4H3. The minimum Gasteiger partial charge on any atom is -0.354 e. The third-order valence-electron chi connectivity index (χ3n) is 5.18. The van der Waals surface area contributed by atoms with Gasteiger partial charge in [-0.2, -0.15) is 5.10 Å². The topological polar surface area (TPSA) is 81.7 Å². The largest absolute Gasteiger partial charge is 0.354 e. The van der Waals surface area contributed by atoms with Crippen LogP contribution in [0.25, 0.3) is 11.2 Å². The van der Waals surface area contributed by atoms with E-state index in [2.05, 4.69) is 45.7 Å². The van der Waals surface area contributed by atoms with Crippen LogP contribution >= 0.6 is 0 Å². The molecule has 4 rings (SSSR count). The molecule has 142 valence electrons. The number of aromatic nitrogens is 6. The molecule has 0 saturated carbocycles. The highest BCUT2D eigenvalue weighted by Crippen LogP contribution is 2.28. The first-order valence-corrected chi connectivity index (χ1v) is 9.32. The highest BCUT2D eigenvalue weighted by molar-refractivity contribution is 5.83. The summed E-state index contributed by atoms with van der Waals surface area (Å²) in [6.45, 7) is 7.95. The number of piperidine rings is 1. The average molecular weight is 367 g/mol. The van der Waals surface area contributed by atoms with Crippen LogP contribution in [0, 0.1) is 0 Å². The van der Waals surface area contributed by atoms with Gasteiger partial charge in [0.2, 0.25) is 0 Å². The lowest BCUT2D eigenvalue weighted by Crippen LogP contribution is -2.39. The quantitative estimate of drug-likeness (QED) is 0.690. The van der Waals surface area contributed by atoms with Crippen molar-refractivity contribution in [3.63, 3.8) is 0 Å². The SMILES string of the molecule is Cn1cnc2c(N3CCC(n4nc(C(C)(C)C)ccc4=O)CC3)ncnc21. The third kappa shape index (κ3) is 3.20. The molecule has 27 heavy (non-hydrogen) atoms. The zero-order valence-corrected chi connectivity index (χ0v) is 16.3. The lowest BCUT2D eigenvalue weighted by atomic mass is 9.92. The van der Waals surface area contributed by atoms with Gasteiger partial charge in [-0.1, -0.05) is 20.8 Å². The molecule has 0 bridgehead atoms. The van der Waals surface area contributed by atoms with E-state index in [0.29, 0.717) is 0 Å². The molecule has 0 N–H and O–H groups in total. The second-order valence-electron chi connectivity index (χ2n) is 8.19. The smallest absolute Gasteiger partial charge is 0.267 e. The molecule has 0 amide bonds. The Morgan fingerprint density at radius 1 is 1.07 bits per heavy atom. The van der Waals surface area contributed by atoms with Crippen LogP contribution in [0.2, 0.25) is 0 Å². The van der Waals surface area contributed by atoms with Gasteiger partial charge >= 0.3 is 0 Å². The van der Waals surface area contributed by atoms with E-state index in [4.69, 9.17) is 0 Å². The van der Waals surface area contributed by atoms with Crippen LogP contribution in [0.3, 0.4) is 0 Å². The van der Waals surface area contributed by atoms with Crippen molar-refractivity contribution in [1.29, 1.82) is 0 Å². The summed E-state index contributed by atoms with van der Waals surface area (Å²) in [7, 11) is 1.93. The monoisotopic (exact) mass is 367 g/mol. The fraction of sp³-hybridized carbons (Fsp3) is 0.526. The Balaban J connectivity index is 1.57. The summed E-state index contributed by atoms with van der Waals surface area (Å²) in [5.74, 6) is 0.864. The first-order valence-electron chi connectivity index (χ1n) is 9.32. The number of imidazole rings is 1. The maximum Gasteiger partial charge on any atom is 0.267 e. The summed E-state index contributed by atoms with van der Waals surface area (Å²) < 4.78 is 3.57. The van der Waals surface area contributed by atoms with E-state index in [1.165, 1.54) is 0 Å². The number of fused-ring (bicyclic) bond motifs is 1. The first-order chi connectivity index (χ1) is 12.8. The van der Waals surface area contributed by atoms with E-state index >= 15 is 0 Å². The Morgan fingerprint density at radius 3 is 2.52 bits per heavy atom. The fourth-order valence-corrected chi connectivity index (χ4v) is 3.57. The fourth-order valence-electron chi connectivity index (χ4n) is 3.57. The molecule has 0 aromatic carbocycles. The molecule has 3 aromatic rings. The van der Waals surface area contributed by atoms with Gasteiger partial charge < -0.3 is 9.47 Å². The Hall–Kier alpha value is -2.77. The van der Waals surface area contributed by atoms with Gasteiger partial charge in [0.1, 0.15) is 6.33 Å². The second-order valence-corrected chi connectivity index (χ2v) is 8.19. The summed E-state index contributed by atoms with van der Waals surface area (Å²) in [6.07, 6.45) is 5.04. The Kier molecular flexibility index (Phi) is 4.20. The van der Waals surface area contributed by atoms with Gasteiger partial charge in [0, 0.05) is 31.6 Å². The minimum atomic E-state index is -0.0817. The summed E-state index contributed by atoms with van der Waals surface area (Å²) in [5.41, 5.74) is 2.48. The van der Waals surface area contributed by atoms with Crippen LogP contribution in [0.1, 0.15) is 45.3 Å². The summed E-state index contributed by atoms with van der Waals surface area (Å²) >= 11 is 0. The zero-order chi connectivity index (χ0) is 19.2. The number of rotatable bonds is 2. The van der Waals surface area contributed by atoms with E-state index in [-0.39, 0.29) is 17.0 Å².